The van der Waals surface area contributed by atoms with Crippen molar-refractivity contribution >= 4 is 53.9 Å². The molecule has 1 rings (SSSR count). The average molecular weight is 428 g/mol. The van der Waals surface area contributed by atoms with Gasteiger partial charge in [0.15, 0.2) is 0 Å². The molecule has 0 unspecified atom stereocenters. The van der Waals surface area contributed by atoms with E-state index in [-0.39, 0.29) is 5.82 Å². The van der Waals surface area contributed by atoms with Gasteiger partial charge in [-0.1, -0.05) is 0 Å². The summed E-state index contributed by atoms with van der Waals surface area (Å²) in [7, 11) is 0. The first kappa shape index (κ1) is 13.3. The van der Waals surface area contributed by atoms with Crippen LogP contribution >= 0.6 is 11.3 Å². The molecule has 0 fully saturated rings. The van der Waals surface area contributed by atoms with Gasteiger partial charge in [0.25, 0.3) is 0 Å². The summed E-state index contributed by atoms with van der Waals surface area (Å²) in [5, 5.41) is 0. The minimum atomic E-state index is -2.18. The van der Waals surface area contributed by atoms with Gasteiger partial charge in [0, 0.05) is 0 Å². The van der Waals surface area contributed by atoms with Crippen molar-refractivity contribution in [1.82, 2.24) is 0 Å². The van der Waals surface area contributed by atoms with Crippen molar-refractivity contribution in [2.75, 3.05) is 0 Å². The summed E-state index contributed by atoms with van der Waals surface area (Å²) in [5.74, 6) is 0.0972. The topological polar surface area (TPSA) is 0 Å². The first-order valence-electron chi connectivity index (χ1n) is 4.92. The Kier molecular flexibility index (Phi) is 4.03. The van der Waals surface area contributed by atoms with Crippen LogP contribution in [0, 0.1) is 5.82 Å². The second kappa shape index (κ2) is 4.24. The molecule has 0 radical (unpaired) electrons. The summed E-state index contributed by atoms with van der Waals surface area (Å²) in [6.45, 7) is 0. The Morgan fingerprint density at radius 2 is 1.50 bits per heavy atom. The van der Waals surface area contributed by atoms with E-state index in [0.717, 1.165) is 2.89 Å². The fraction of sp³-hybridized carbons (Fsp3) is 0.600. The second-order valence-corrected chi connectivity index (χ2v) is 37.6. The summed E-state index contributed by atoms with van der Waals surface area (Å²) in [6.07, 6.45) is 0. The van der Waals surface area contributed by atoms with Gasteiger partial charge < -0.3 is 0 Å². The number of thiophene rings is 1. The van der Waals surface area contributed by atoms with Gasteiger partial charge in [-0.2, -0.15) is 0 Å². The van der Waals surface area contributed by atoms with Crippen LogP contribution in [-0.4, -0.2) is 36.8 Å². The fourth-order valence-corrected chi connectivity index (χ4v) is 15.8. The van der Waals surface area contributed by atoms with Crippen molar-refractivity contribution in [3.05, 3.63) is 11.9 Å². The predicted octanol–water partition coefficient (Wildman–Crippen LogP) is 2.98. The second-order valence-electron chi connectivity index (χ2n) is 5.79. The van der Waals surface area contributed by atoms with Crippen LogP contribution in [0.4, 0.5) is 4.39 Å². The molecule has 0 atom stereocenters. The molecule has 0 spiro atoms. The zero-order valence-corrected chi connectivity index (χ0v) is 16.4. The first-order valence-corrected chi connectivity index (χ1v) is 25.7. The molecule has 0 N–H and O–H groups in total. The quantitative estimate of drug-likeness (QED) is 0.637. The molecule has 1 heterocycles. The Labute approximate surface area is 98.7 Å². The Morgan fingerprint density at radius 1 is 1.00 bits per heavy atom. The third-order valence-electron chi connectivity index (χ3n) is 2.11. The molecular weight excluding hydrogens is 409 g/mol. The van der Waals surface area contributed by atoms with Gasteiger partial charge in [-0.05, 0) is 0 Å². The predicted molar refractivity (Wildman–Crippen MR) is 70.2 cm³/mol. The number of rotatable bonds is 2. The number of hydrogen-bond acceptors (Lipinski definition) is 1. The van der Waals surface area contributed by atoms with E-state index in [4.69, 9.17) is 0 Å². The van der Waals surface area contributed by atoms with Gasteiger partial charge in [-0.25, -0.2) is 0 Å². The van der Waals surface area contributed by atoms with Crippen molar-refractivity contribution in [3.8, 4) is 0 Å². The van der Waals surface area contributed by atoms with Crippen molar-refractivity contribution in [2.45, 2.75) is 29.6 Å². The first-order chi connectivity index (χ1) is 6.12. The average Bonchev–Trinajstić information content (AvgIpc) is 2.27. The summed E-state index contributed by atoms with van der Waals surface area (Å²) >= 11 is -2.42. The van der Waals surface area contributed by atoms with Crippen molar-refractivity contribution in [1.29, 1.82) is 0 Å². The molecule has 0 aliphatic carbocycles. The van der Waals surface area contributed by atoms with Crippen LogP contribution in [-0.2, 0) is 0 Å². The summed E-state index contributed by atoms with van der Waals surface area (Å²) in [6, 6.07) is 1.83. The van der Waals surface area contributed by atoms with Gasteiger partial charge in [-0.3, -0.25) is 0 Å². The van der Waals surface area contributed by atoms with Gasteiger partial charge in [0.05, 0.1) is 0 Å². The van der Waals surface area contributed by atoms with Crippen LogP contribution < -0.4 is 5.79 Å². The van der Waals surface area contributed by atoms with Crippen LogP contribution in [0.3, 0.4) is 0 Å². The molecular formula is C10H19FSSn2. The molecule has 80 valence electrons. The maximum absolute atomic E-state index is 13.7. The van der Waals surface area contributed by atoms with Crippen molar-refractivity contribution < 1.29 is 4.39 Å². The van der Waals surface area contributed by atoms with E-state index in [9.17, 15) is 4.39 Å². The van der Waals surface area contributed by atoms with Crippen LogP contribution in [0.25, 0.3) is 0 Å². The Bertz CT molecular complexity index is 331. The third-order valence-corrected chi connectivity index (χ3v) is 22.0. The Balaban J connectivity index is 3.19. The minimum absolute atomic E-state index is 0.0972. The molecule has 0 nitrogen and oxygen atoms in total. The monoisotopic (exact) mass is 430 g/mol. The third kappa shape index (κ3) is 3.11. The Hall–Kier alpha value is 1.23. The number of halogens is 1. The summed E-state index contributed by atoms with van der Waals surface area (Å²) in [4.78, 5) is 13.9. The van der Waals surface area contributed by atoms with E-state index in [2.05, 4.69) is 29.6 Å². The molecule has 14 heavy (non-hydrogen) atoms. The van der Waals surface area contributed by atoms with Crippen LogP contribution in [0.5, 0.6) is 0 Å². The summed E-state index contributed by atoms with van der Waals surface area (Å²) < 4.78 is 16.2. The standard InChI is InChI=1S/C4HFS.6CH3.2Sn/c5-4-1-2-6-3-4;;;;;;;;/h1H;6*1H3;;. The summed E-state index contributed by atoms with van der Waals surface area (Å²) in [5.41, 5.74) is 0. The normalized spacial score (nSPS) is 13.4. The van der Waals surface area contributed by atoms with E-state index in [1.54, 1.807) is 11.3 Å². The SMILES string of the molecule is [CH3][Sn]([CH3])([CH3])[c]1cc(F)[c]([Sn]([CH3])([CH3])[CH3])s1. The van der Waals surface area contributed by atoms with Crippen LogP contribution in [0.15, 0.2) is 6.07 Å². The van der Waals surface area contributed by atoms with E-state index in [1.165, 1.54) is 2.89 Å². The van der Waals surface area contributed by atoms with Crippen molar-refractivity contribution in [3.63, 3.8) is 0 Å². The molecule has 0 amide bonds. The molecule has 0 aliphatic heterocycles. The fourth-order valence-electron chi connectivity index (χ4n) is 1.25. The zero-order valence-electron chi connectivity index (χ0n) is 9.86. The number of hydrogen-bond donors (Lipinski definition) is 0. The van der Waals surface area contributed by atoms with Gasteiger partial charge in [-0.15, -0.1) is 0 Å². The molecule has 0 aromatic carbocycles. The van der Waals surface area contributed by atoms with Crippen LogP contribution in [0.1, 0.15) is 0 Å². The maximum atomic E-state index is 13.7. The molecule has 0 aliphatic rings. The van der Waals surface area contributed by atoms with E-state index in [1.807, 2.05) is 6.07 Å². The molecule has 0 saturated carbocycles. The zero-order chi connectivity index (χ0) is 11.1. The van der Waals surface area contributed by atoms with E-state index < -0.39 is 36.8 Å². The van der Waals surface area contributed by atoms with E-state index in [0.29, 0.717) is 0 Å². The van der Waals surface area contributed by atoms with Crippen LogP contribution in [0.2, 0.25) is 29.6 Å². The molecule has 4 heteroatoms. The molecule has 1 aromatic heterocycles. The van der Waals surface area contributed by atoms with Gasteiger partial charge in [0.2, 0.25) is 0 Å². The Morgan fingerprint density at radius 3 is 1.71 bits per heavy atom. The van der Waals surface area contributed by atoms with E-state index >= 15 is 0 Å². The molecule has 1 aromatic rings. The van der Waals surface area contributed by atoms with Gasteiger partial charge in [0.1, 0.15) is 0 Å². The van der Waals surface area contributed by atoms with Crippen molar-refractivity contribution in [2.24, 2.45) is 0 Å². The molecule has 0 saturated heterocycles. The van der Waals surface area contributed by atoms with Gasteiger partial charge >= 0.3 is 99.8 Å². The molecule has 0 bridgehead atoms.